The number of ether oxygens (including phenoxy) is 1. The van der Waals surface area contributed by atoms with Crippen molar-refractivity contribution in [2.45, 2.75) is 12.2 Å². The van der Waals surface area contributed by atoms with Crippen molar-refractivity contribution in [2.75, 3.05) is 32.1 Å². The van der Waals surface area contributed by atoms with Crippen molar-refractivity contribution in [3.05, 3.63) is 0 Å². The van der Waals surface area contributed by atoms with Crippen molar-refractivity contribution in [2.24, 2.45) is 0 Å². The summed E-state index contributed by atoms with van der Waals surface area (Å²) >= 11 is 1.86. The van der Waals surface area contributed by atoms with Gasteiger partial charge < -0.3 is 14.7 Å². The van der Waals surface area contributed by atoms with E-state index in [4.69, 9.17) is 9.84 Å². The summed E-state index contributed by atoms with van der Waals surface area (Å²) in [7, 11) is 0. The summed E-state index contributed by atoms with van der Waals surface area (Å²) in [4.78, 5) is 13.0. The van der Waals surface area contributed by atoms with E-state index < -0.39 is 0 Å². The minimum Gasteiger partial charge on any atom is -0.447 e. The first kappa shape index (κ1) is 10.7. The van der Waals surface area contributed by atoms with Gasteiger partial charge in [-0.15, -0.1) is 0 Å². The number of carbonyl (C=O) groups is 1. The van der Waals surface area contributed by atoms with E-state index in [9.17, 15) is 4.79 Å². The van der Waals surface area contributed by atoms with Crippen LogP contribution < -0.4 is 0 Å². The smallest absolute Gasteiger partial charge is 0.409 e. The Labute approximate surface area is 82.2 Å². The Morgan fingerprint density at radius 1 is 1.77 bits per heavy atom. The molecule has 1 saturated heterocycles. The van der Waals surface area contributed by atoms with Gasteiger partial charge in [-0.05, 0) is 0 Å². The Balaban J connectivity index is 2.28. The monoisotopic (exact) mass is 205 g/mol. The minimum absolute atomic E-state index is 0.0941. The molecule has 1 aliphatic heterocycles. The lowest BCUT2D eigenvalue weighted by atomic mass is 10.4. The third-order valence-electron chi connectivity index (χ3n) is 1.82. The molecule has 0 spiro atoms. The molecule has 1 rings (SSSR count). The zero-order chi connectivity index (χ0) is 9.68. The van der Waals surface area contributed by atoms with Gasteiger partial charge in [-0.3, -0.25) is 0 Å². The van der Waals surface area contributed by atoms with Crippen LogP contribution in [0.3, 0.4) is 0 Å². The molecule has 1 atom stereocenters. The molecule has 1 N–H and O–H groups in total. The van der Waals surface area contributed by atoms with Crippen molar-refractivity contribution in [3.63, 3.8) is 0 Å². The first-order valence-corrected chi connectivity index (χ1v) is 5.43. The fourth-order valence-corrected chi connectivity index (χ4v) is 2.22. The average Bonchev–Trinajstić information content (AvgIpc) is 2.14. The van der Waals surface area contributed by atoms with Gasteiger partial charge in [0.15, 0.2) is 0 Å². The number of aliphatic hydroxyl groups is 1. The molecule has 1 aliphatic rings. The third-order valence-corrected chi connectivity index (χ3v) is 2.95. The van der Waals surface area contributed by atoms with Gasteiger partial charge in [0.1, 0.15) is 6.61 Å². The van der Waals surface area contributed by atoms with Crippen LogP contribution in [0.5, 0.6) is 0 Å². The van der Waals surface area contributed by atoms with Crippen molar-refractivity contribution < 1.29 is 14.6 Å². The molecule has 1 heterocycles. The van der Waals surface area contributed by atoms with Gasteiger partial charge in [0.2, 0.25) is 0 Å². The standard InChI is InChI=1S/C8H15NO3S/c1-7-6-9(2-5-13-7)8(11)12-4-3-10/h7,10H,2-6H2,1H3. The largest absolute Gasteiger partial charge is 0.447 e. The number of rotatable bonds is 2. The highest BCUT2D eigenvalue weighted by Gasteiger charge is 2.21. The maximum atomic E-state index is 11.3. The molecule has 0 saturated carbocycles. The molecular weight excluding hydrogens is 190 g/mol. The van der Waals surface area contributed by atoms with Gasteiger partial charge in [-0.25, -0.2) is 4.79 Å². The van der Waals surface area contributed by atoms with Crippen molar-refractivity contribution in [1.29, 1.82) is 0 Å². The maximum absolute atomic E-state index is 11.3. The Morgan fingerprint density at radius 2 is 2.54 bits per heavy atom. The number of hydrogen-bond donors (Lipinski definition) is 1. The van der Waals surface area contributed by atoms with Crippen LogP contribution in [-0.4, -0.2) is 53.4 Å². The summed E-state index contributed by atoms with van der Waals surface area (Å²) in [5, 5.41) is 8.95. The summed E-state index contributed by atoms with van der Waals surface area (Å²) in [6.45, 7) is 3.57. The van der Waals surface area contributed by atoms with Gasteiger partial charge >= 0.3 is 6.09 Å². The summed E-state index contributed by atoms with van der Waals surface area (Å²) in [5.74, 6) is 0.968. The van der Waals surface area contributed by atoms with Crippen LogP contribution in [0.1, 0.15) is 6.92 Å². The summed E-state index contributed by atoms with van der Waals surface area (Å²) < 4.78 is 4.81. The van der Waals surface area contributed by atoms with Crippen LogP contribution in [0, 0.1) is 0 Å². The summed E-state index contributed by atoms with van der Waals surface area (Å²) in [6.07, 6.45) is -0.304. The van der Waals surface area contributed by atoms with Gasteiger partial charge in [0.25, 0.3) is 0 Å². The number of hydrogen-bond acceptors (Lipinski definition) is 4. The molecule has 5 heteroatoms. The Kier molecular flexibility index (Phi) is 4.38. The Hall–Kier alpha value is -0.420. The summed E-state index contributed by atoms with van der Waals surface area (Å²) in [6, 6.07) is 0. The molecule has 13 heavy (non-hydrogen) atoms. The van der Waals surface area contributed by atoms with Crippen LogP contribution in [0.15, 0.2) is 0 Å². The van der Waals surface area contributed by atoms with E-state index in [2.05, 4.69) is 6.92 Å². The van der Waals surface area contributed by atoms with Gasteiger partial charge in [-0.1, -0.05) is 6.92 Å². The van der Waals surface area contributed by atoms with Crippen LogP contribution in [-0.2, 0) is 4.74 Å². The molecule has 0 aliphatic carbocycles. The molecule has 0 aromatic rings. The topological polar surface area (TPSA) is 49.8 Å². The molecule has 1 amide bonds. The number of carbonyl (C=O) groups excluding carboxylic acids is 1. The zero-order valence-electron chi connectivity index (χ0n) is 7.73. The van der Waals surface area contributed by atoms with E-state index in [1.807, 2.05) is 11.8 Å². The lowest BCUT2D eigenvalue weighted by Gasteiger charge is -2.29. The highest BCUT2D eigenvalue weighted by atomic mass is 32.2. The fourth-order valence-electron chi connectivity index (χ4n) is 1.21. The molecule has 0 aromatic carbocycles. The Bertz CT molecular complexity index is 177. The lowest BCUT2D eigenvalue weighted by molar-refractivity contribution is 0.0854. The van der Waals surface area contributed by atoms with E-state index in [1.165, 1.54) is 0 Å². The normalized spacial score (nSPS) is 22.9. The van der Waals surface area contributed by atoms with E-state index in [0.29, 0.717) is 5.25 Å². The molecule has 0 radical (unpaired) electrons. The van der Waals surface area contributed by atoms with E-state index >= 15 is 0 Å². The van der Waals surface area contributed by atoms with Crippen LogP contribution in [0.4, 0.5) is 4.79 Å². The Morgan fingerprint density at radius 3 is 3.15 bits per heavy atom. The predicted octanol–water partition coefficient (Wildman–Crippen LogP) is 0.553. The number of nitrogens with zero attached hydrogens (tertiary/aromatic N) is 1. The SMILES string of the molecule is CC1CN(C(=O)OCCO)CCS1. The number of aliphatic hydroxyl groups excluding tert-OH is 1. The van der Waals surface area contributed by atoms with Gasteiger partial charge in [-0.2, -0.15) is 11.8 Å². The minimum atomic E-state index is -0.304. The maximum Gasteiger partial charge on any atom is 0.409 e. The molecule has 1 fully saturated rings. The lowest BCUT2D eigenvalue weighted by Crippen LogP contribution is -2.41. The van der Waals surface area contributed by atoms with Crippen molar-refractivity contribution >= 4 is 17.9 Å². The van der Waals surface area contributed by atoms with Crippen LogP contribution in [0.2, 0.25) is 0 Å². The van der Waals surface area contributed by atoms with Crippen LogP contribution in [0.25, 0.3) is 0 Å². The first-order chi connectivity index (χ1) is 6.24. The predicted molar refractivity (Wildman–Crippen MR) is 51.9 cm³/mol. The molecular formula is C8H15NO3S. The highest BCUT2D eigenvalue weighted by molar-refractivity contribution is 7.99. The van der Waals surface area contributed by atoms with Gasteiger partial charge in [0, 0.05) is 24.1 Å². The number of amides is 1. The van der Waals surface area contributed by atoms with Gasteiger partial charge in [0.05, 0.1) is 6.61 Å². The molecule has 0 bridgehead atoms. The molecule has 4 nitrogen and oxygen atoms in total. The number of thioether (sulfide) groups is 1. The summed E-state index contributed by atoms with van der Waals surface area (Å²) in [5.41, 5.74) is 0. The second kappa shape index (κ2) is 5.34. The second-order valence-corrected chi connectivity index (χ2v) is 4.51. The van der Waals surface area contributed by atoms with E-state index in [1.54, 1.807) is 4.90 Å². The fraction of sp³-hybridized carbons (Fsp3) is 0.875. The molecule has 1 unspecified atom stereocenters. The van der Waals surface area contributed by atoms with Crippen molar-refractivity contribution in [1.82, 2.24) is 4.90 Å². The zero-order valence-corrected chi connectivity index (χ0v) is 8.55. The van der Waals surface area contributed by atoms with Crippen molar-refractivity contribution in [3.8, 4) is 0 Å². The average molecular weight is 205 g/mol. The molecule has 0 aromatic heterocycles. The van der Waals surface area contributed by atoms with Crippen LogP contribution >= 0.6 is 11.8 Å². The van der Waals surface area contributed by atoms with E-state index in [-0.39, 0.29) is 19.3 Å². The third kappa shape index (κ3) is 3.44. The molecule has 76 valence electrons. The first-order valence-electron chi connectivity index (χ1n) is 4.38. The second-order valence-electron chi connectivity index (χ2n) is 2.97. The highest BCUT2D eigenvalue weighted by Crippen LogP contribution is 2.17. The quantitative estimate of drug-likeness (QED) is 0.715. The van der Waals surface area contributed by atoms with E-state index in [0.717, 1.165) is 18.8 Å².